The van der Waals surface area contributed by atoms with Crippen molar-refractivity contribution in [1.29, 1.82) is 0 Å². The molecule has 2 heterocycles. The molecule has 134 valence electrons. The maximum absolute atomic E-state index is 13.8. The molecule has 1 aliphatic rings. The zero-order valence-electron chi connectivity index (χ0n) is 14.0. The van der Waals surface area contributed by atoms with Crippen LogP contribution in [0.3, 0.4) is 0 Å². The van der Waals surface area contributed by atoms with E-state index in [0.717, 1.165) is 36.0 Å². The number of benzene rings is 1. The Morgan fingerprint density at radius 2 is 2.16 bits per heavy atom. The minimum absolute atomic E-state index is 0.131. The van der Waals surface area contributed by atoms with Crippen LogP contribution in [0.1, 0.15) is 30.7 Å². The van der Waals surface area contributed by atoms with Crippen LogP contribution in [0.15, 0.2) is 27.5 Å². The summed E-state index contributed by atoms with van der Waals surface area (Å²) in [7, 11) is 1.59. The maximum atomic E-state index is 13.8. The van der Waals surface area contributed by atoms with Gasteiger partial charge in [0, 0.05) is 36.6 Å². The fourth-order valence-electron chi connectivity index (χ4n) is 2.99. The summed E-state index contributed by atoms with van der Waals surface area (Å²) in [5.74, 6) is 0.0967. The lowest BCUT2D eigenvalue weighted by Crippen LogP contribution is -2.35. The van der Waals surface area contributed by atoms with E-state index in [4.69, 9.17) is 0 Å². The quantitative estimate of drug-likeness (QED) is 0.776. The van der Waals surface area contributed by atoms with Crippen molar-refractivity contribution in [3.63, 3.8) is 0 Å². The van der Waals surface area contributed by atoms with Gasteiger partial charge in [-0.15, -0.1) is 0 Å². The van der Waals surface area contributed by atoms with Gasteiger partial charge in [0.15, 0.2) is 0 Å². The lowest BCUT2D eigenvalue weighted by atomic mass is 10.2. The van der Waals surface area contributed by atoms with Crippen molar-refractivity contribution in [1.82, 2.24) is 19.2 Å². The van der Waals surface area contributed by atoms with Crippen molar-refractivity contribution in [2.24, 2.45) is 0 Å². The number of likely N-dealkylation sites (N-methyl/N-ethyl adjacent to an activating group) is 1. The van der Waals surface area contributed by atoms with Gasteiger partial charge in [-0.05, 0) is 31.0 Å². The highest BCUT2D eigenvalue weighted by Gasteiger charge is 2.19. The van der Waals surface area contributed by atoms with Crippen LogP contribution in [0.2, 0.25) is 0 Å². The summed E-state index contributed by atoms with van der Waals surface area (Å²) in [6, 6.07) is 4.61. The van der Waals surface area contributed by atoms with E-state index in [-0.39, 0.29) is 30.5 Å². The Kier molecular flexibility index (Phi) is 5.36. The van der Waals surface area contributed by atoms with Gasteiger partial charge in [0.1, 0.15) is 18.2 Å². The van der Waals surface area contributed by atoms with Gasteiger partial charge in [-0.2, -0.15) is 5.10 Å². The molecule has 0 fully saturated rings. The van der Waals surface area contributed by atoms with E-state index in [1.807, 2.05) is 0 Å². The van der Waals surface area contributed by atoms with Crippen molar-refractivity contribution in [3.05, 3.63) is 50.4 Å². The van der Waals surface area contributed by atoms with Crippen molar-refractivity contribution < 1.29 is 9.18 Å². The Bertz CT molecular complexity index is 846. The summed E-state index contributed by atoms with van der Waals surface area (Å²) >= 11 is 3.30. The van der Waals surface area contributed by atoms with Crippen LogP contribution in [0.5, 0.6) is 0 Å². The monoisotopic (exact) mass is 410 g/mol. The molecule has 0 unspecified atom stereocenters. The molecule has 0 aliphatic carbocycles. The lowest BCUT2D eigenvalue weighted by molar-refractivity contribution is -0.131. The van der Waals surface area contributed by atoms with Crippen LogP contribution in [-0.4, -0.2) is 32.2 Å². The largest absolute Gasteiger partial charge is 0.346 e. The third kappa shape index (κ3) is 4.00. The highest BCUT2D eigenvalue weighted by molar-refractivity contribution is 9.10. The van der Waals surface area contributed by atoms with E-state index < -0.39 is 0 Å². The van der Waals surface area contributed by atoms with Gasteiger partial charge >= 0.3 is 5.69 Å². The molecule has 0 N–H and O–H groups in total. The number of carbonyl (C=O) groups excluding carboxylic acids is 1. The van der Waals surface area contributed by atoms with Crippen LogP contribution < -0.4 is 5.69 Å². The SMILES string of the molecule is CN(Cc1cc(Br)ccc1F)C(=O)Cn1nc2n(c1=O)CCCCC2. The van der Waals surface area contributed by atoms with E-state index in [9.17, 15) is 14.0 Å². The summed E-state index contributed by atoms with van der Waals surface area (Å²) in [6.45, 7) is 0.652. The van der Waals surface area contributed by atoms with E-state index in [0.29, 0.717) is 12.1 Å². The number of rotatable bonds is 4. The summed E-state index contributed by atoms with van der Waals surface area (Å²) in [6.07, 6.45) is 3.80. The second kappa shape index (κ2) is 7.51. The number of amides is 1. The van der Waals surface area contributed by atoms with Gasteiger partial charge in [-0.1, -0.05) is 22.4 Å². The molecule has 1 aliphatic heterocycles. The predicted molar refractivity (Wildman–Crippen MR) is 94.6 cm³/mol. The number of aromatic nitrogens is 3. The number of carbonyl (C=O) groups is 1. The molecule has 1 aromatic heterocycles. The zero-order chi connectivity index (χ0) is 18.0. The molecule has 0 atom stereocenters. The first-order valence-electron chi connectivity index (χ1n) is 8.30. The van der Waals surface area contributed by atoms with Crippen LogP contribution in [0.25, 0.3) is 0 Å². The molecule has 25 heavy (non-hydrogen) atoms. The molecule has 0 spiro atoms. The van der Waals surface area contributed by atoms with Crippen molar-refractivity contribution in [2.75, 3.05) is 7.05 Å². The van der Waals surface area contributed by atoms with Gasteiger partial charge in [-0.25, -0.2) is 13.9 Å². The molecule has 8 heteroatoms. The topological polar surface area (TPSA) is 60.1 Å². The van der Waals surface area contributed by atoms with Gasteiger partial charge < -0.3 is 4.90 Å². The first-order valence-corrected chi connectivity index (χ1v) is 9.09. The molecule has 2 aromatic rings. The Morgan fingerprint density at radius 3 is 2.96 bits per heavy atom. The molecular formula is C17H20BrFN4O2. The van der Waals surface area contributed by atoms with E-state index in [1.54, 1.807) is 23.7 Å². The molecular weight excluding hydrogens is 391 g/mol. The predicted octanol–water partition coefficient (Wildman–Crippen LogP) is 2.33. The lowest BCUT2D eigenvalue weighted by Gasteiger charge is -2.17. The summed E-state index contributed by atoms with van der Waals surface area (Å²) in [5, 5.41) is 4.31. The number of hydrogen-bond acceptors (Lipinski definition) is 3. The van der Waals surface area contributed by atoms with E-state index >= 15 is 0 Å². The average molecular weight is 411 g/mol. The Balaban J connectivity index is 1.72. The first kappa shape index (κ1) is 17.8. The molecule has 0 saturated heterocycles. The minimum Gasteiger partial charge on any atom is -0.340 e. The number of aryl methyl sites for hydroxylation is 1. The van der Waals surface area contributed by atoms with Crippen molar-refractivity contribution in [2.45, 2.75) is 45.3 Å². The fourth-order valence-corrected chi connectivity index (χ4v) is 3.39. The van der Waals surface area contributed by atoms with Gasteiger partial charge in [0.05, 0.1) is 0 Å². The third-order valence-corrected chi connectivity index (χ3v) is 4.90. The highest BCUT2D eigenvalue weighted by Crippen LogP contribution is 2.17. The second-order valence-corrected chi connectivity index (χ2v) is 7.22. The fraction of sp³-hybridized carbons (Fsp3) is 0.471. The number of fused-ring (bicyclic) bond motifs is 1. The standard InChI is InChI=1S/C17H20BrFN4O2/c1-21(10-12-9-13(18)6-7-14(12)19)16(24)11-23-17(25)22-8-4-2-3-5-15(22)20-23/h6-7,9H,2-5,8,10-11H2,1H3. The van der Waals surface area contributed by atoms with Crippen LogP contribution >= 0.6 is 15.9 Å². The Morgan fingerprint density at radius 1 is 1.36 bits per heavy atom. The smallest absolute Gasteiger partial charge is 0.340 e. The highest BCUT2D eigenvalue weighted by atomic mass is 79.9. The molecule has 0 saturated carbocycles. The molecule has 0 radical (unpaired) electrons. The van der Waals surface area contributed by atoms with Crippen LogP contribution in [0.4, 0.5) is 4.39 Å². The molecule has 6 nitrogen and oxygen atoms in total. The van der Waals surface area contributed by atoms with E-state index in [1.165, 1.54) is 15.6 Å². The number of nitrogens with zero attached hydrogens (tertiary/aromatic N) is 4. The molecule has 1 amide bonds. The zero-order valence-corrected chi connectivity index (χ0v) is 15.6. The summed E-state index contributed by atoms with van der Waals surface area (Å²) < 4.78 is 17.5. The summed E-state index contributed by atoms with van der Waals surface area (Å²) in [4.78, 5) is 26.2. The minimum atomic E-state index is -0.367. The number of hydrogen-bond donors (Lipinski definition) is 0. The van der Waals surface area contributed by atoms with Crippen LogP contribution in [0, 0.1) is 5.82 Å². The average Bonchev–Trinajstić information content (AvgIpc) is 2.75. The molecule has 1 aromatic carbocycles. The van der Waals surface area contributed by atoms with E-state index in [2.05, 4.69) is 21.0 Å². The molecule has 3 rings (SSSR count). The van der Waals surface area contributed by atoms with Gasteiger partial charge in [0.25, 0.3) is 0 Å². The summed E-state index contributed by atoms with van der Waals surface area (Å²) in [5.41, 5.74) is 0.172. The van der Waals surface area contributed by atoms with Gasteiger partial charge in [-0.3, -0.25) is 9.36 Å². The van der Waals surface area contributed by atoms with Crippen LogP contribution in [-0.2, 0) is 30.8 Å². The Labute approximate surface area is 153 Å². The third-order valence-electron chi connectivity index (χ3n) is 4.41. The maximum Gasteiger partial charge on any atom is 0.346 e. The van der Waals surface area contributed by atoms with Crippen molar-refractivity contribution in [3.8, 4) is 0 Å². The molecule has 0 bridgehead atoms. The van der Waals surface area contributed by atoms with Gasteiger partial charge in [0.2, 0.25) is 5.91 Å². The number of halogens is 2. The first-order chi connectivity index (χ1) is 12.0. The normalized spacial score (nSPS) is 14.0. The van der Waals surface area contributed by atoms with Crippen molar-refractivity contribution >= 4 is 21.8 Å². The Hall–Kier alpha value is -1.96. The second-order valence-electron chi connectivity index (χ2n) is 6.30.